The number of halogens is 1. The van der Waals surface area contributed by atoms with Crippen LogP contribution in [0.4, 0.5) is 0 Å². The highest BCUT2D eigenvalue weighted by atomic mass is 79.9. The summed E-state index contributed by atoms with van der Waals surface area (Å²) in [6.45, 7) is 2.78. The van der Waals surface area contributed by atoms with Crippen LogP contribution in [0.3, 0.4) is 0 Å². The highest BCUT2D eigenvalue weighted by Crippen LogP contribution is 2.17. The lowest BCUT2D eigenvalue weighted by Crippen LogP contribution is -1.95. The first kappa shape index (κ1) is 12.2. The number of aryl methyl sites for hydroxylation is 1. The third kappa shape index (κ3) is 3.60. The molecule has 0 aliphatic carbocycles. The van der Waals surface area contributed by atoms with Crippen molar-refractivity contribution in [2.45, 2.75) is 20.0 Å². The van der Waals surface area contributed by atoms with Crippen molar-refractivity contribution in [2.75, 3.05) is 0 Å². The summed E-state index contributed by atoms with van der Waals surface area (Å²) in [6, 6.07) is 16.4. The summed E-state index contributed by atoms with van der Waals surface area (Å²) < 4.78 is 6.77. The van der Waals surface area contributed by atoms with E-state index in [-0.39, 0.29) is 0 Å². The Hall–Kier alpha value is -1.28. The van der Waals surface area contributed by atoms with Gasteiger partial charge in [0.05, 0.1) is 0 Å². The van der Waals surface area contributed by atoms with Gasteiger partial charge in [0.25, 0.3) is 0 Å². The zero-order valence-corrected chi connectivity index (χ0v) is 11.4. The third-order valence-electron chi connectivity index (χ3n) is 2.65. The third-order valence-corrected chi connectivity index (χ3v) is 3.18. The normalized spacial score (nSPS) is 10.2. The molecule has 0 fully saturated rings. The van der Waals surface area contributed by atoms with Crippen LogP contribution in [0.25, 0.3) is 0 Å². The van der Waals surface area contributed by atoms with E-state index >= 15 is 0 Å². The van der Waals surface area contributed by atoms with Crippen molar-refractivity contribution in [3.8, 4) is 5.75 Å². The monoisotopic (exact) mass is 290 g/mol. The molecule has 0 aliphatic heterocycles. The van der Waals surface area contributed by atoms with Crippen LogP contribution in [0.2, 0.25) is 0 Å². The zero-order chi connectivity index (χ0) is 12.1. The van der Waals surface area contributed by atoms with Crippen molar-refractivity contribution in [2.24, 2.45) is 0 Å². The first-order valence-electron chi connectivity index (χ1n) is 5.74. The van der Waals surface area contributed by atoms with Gasteiger partial charge in [0.1, 0.15) is 12.4 Å². The molecule has 2 rings (SSSR count). The van der Waals surface area contributed by atoms with Gasteiger partial charge in [-0.2, -0.15) is 0 Å². The van der Waals surface area contributed by atoms with Gasteiger partial charge in [0.15, 0.2) is 0 Å². The molecule has 0 bridgehead atoms. The summed E-state index contributed by atoms with van der Waals surface area (Å²) >= 11 is 3.40. The van der Waals surface area contributed by atoms with Crippen LogP contribution in [-0.2, 0) is 13.0 Å². The van der Waals surface area contributed by atoms with Crippen LogP contribution in [0.1, 0.15) is 18.1 Å². The molecular formula is C15H15BrO. The van der Waals surface area contributed by atoms with E-state index in [9.17, 15) is 0 Å². The maximum atomic E-state index is 5.70. The molecule has 0 heterocycles. The minimum Gasteiger partial charge on any atom is -0.489 e. The Morgan fingerprint density at radius 2 is 1.47 bits per heavy atom. The van der Waals surface area contributed by atoms with Crippen LogP contribution in [0, 0.1) is 0 Å². The summed E-state index contributed by atoms with van der Waals surface area (Å²) in [6.07, 6.45) is 1.08. The molecule has 0 spiro atoms. The van der Waals surface area contributed by atoms with Gasteiger partial charge >= 0.3 is 0 Å². The van der Waals surface area contributed by atoms with Crippen LogP contribution < -0.4 is 4.74 Å². The number of benzene rings is 2. The molecule has 0 radical (unpaired) electrons. The molecule has 2 heteroatoms. The van der Waals surface area contributed by atoms with E-state index in [1.807, 2.05) is 24.3 Å². The minimum atomic E-state index is 0.617. The Labute approximate surface area is 111 Å². The summed E-state index contributed by atoms with van der Waals surface area (Å²) in [5.41, 5.74) is 2.56. The van der Waals surface area contributed by atoms with E-state index in [1.54, 1.807) is 0 Å². The Bertz CT molecular complexity index is 459. The second-order valence-electron chi connectivity index (χ2n) is 3.91. The Balaban J connectivity index is 1.95. The molecule has 0 unspecified atom stereocenters. The van der Waals surface area contributed by atoms with Crippen LogP contribution in [0.5, 0.6) is 5.75 Å². The molecule has 0 aliphatic rings. The molecule has 0 atom stereocenters. The van der Waals surface area contributed by atoms with E-state index in [2.05, 4.69) is 47.1 Å². The number of hydrogen-bond donors (Lipinski definition) is 0. The van der Waals surface area contributed by atoms with Crippen molar-refractivity contribution in [1.29, 1.82) is 0 Å². The second-order valence-corrected chi connectivity index (χ2v) is 4.83. The Morgan fingerprint density at radius 3 is 2.06 bits per heavy atom. The van der Waals surface area contributed by atoms with E-state index < -0.39 is 0 Å². The fourth-order valence-corrected chi connectivity index (χ4v) is 1.83. The number of ether oxygens (including phenoxy) is 1. The molecule has 2 aromatic rings. The predicted molar refractivity (Wildman–Crippen MR) is 74.3 cm³/mol. The van der Waals surface area contributed by atoms with Crippen LogP contribution in [-0.4, -0.2) is 0 Å². The largest absolute Gasteiger partial charge is 0.489 e. The van der Waals surface area contributed by atoms with Crippen molar-refractivity contribution < 1.29 is 4.74 Å². The van der Waals surface area contributed by atoms with Gasteiger partial charge < -0.3 is 4.74 Å². The summed E-state index contributed by atoms with van der Waals surface area (Å²) in [5.74, 6) is 0.896. The highest BCUT2D eigenvalue weighted by Gasteiger charge is 1.96. The fourth-order valence-electron chi connectivity index (χ4n) is 1.57. The number of rotatable bonds is 4. The van der Waals surface area contributed by atoms with Crippen molar-refractivity contribution >= 4 is 15.9 Å². The van der Waals surface area contributed by atoms with Crippen molar-refractivity contribution in [3.05, 3.63) is 64.1 Å². The molecule has 0 amide bonds. The van der Waals surface area contributed by atoms with Crippen molar-refractivity contribution in [3.63, 3.8) is 0 Å². The summed E-state index contributed by atoms with van der Waals surface area (Å²) in [4.78, 5) is 0. The van der Waals surface area contributed by atoms with Gasteiger partial charge in [-0.15, -0.1) is 0 Å². The molecule has 17 heavy (non-hydrogen) atoms. The molecule has 0 saturated carbocycles. The molecular weight excluding hydrogens is 276 g/mol. The lowest BCUT2D eigenvalue weighted by molar-refractivity contribution is 0.306. The van der Waals surface area contributed by atoms with Gasteiger partial charge in [-0.05, 0) is 41.8 Å². The van der Waals surface area contributed by atoms with Crippen LogP contribution in [0.15, 0.2) is 53.0 Å². The second kappa shape index (κ2) is 5.87. The fraction of sp³-hybridized carbons (Fsp3) is 0.200. The average Bonchev–Trinajstić information content (AvgIpc) is 2.39. The van der Waals surface area contributed by atoms with Gasteiger partial charge in [-0.1, -0.05) is 47.1 Å². The topological polar surface area (TPSA) is 9.23 Å². The Kier molecular flexibility index (Phi) is 4.21. The molecule has 0 saturated heterocycles. The summed E-state index contributed by atoms with van der Waals surface area (Å²) in [7, 11) is 0. The van der Waals surface area contributed by atoms with Gasteiger partial charge in [-0.3, -0.25) is 0 Å². The minimum absolute atomic E-state index is 0.617. The molecule has 1 nitrogen and oxygen atoms in total. The van der Waals surface area contributed by atoms with Gasteiger partial charge in [0, 0.05) is 4.47 Å². The van der Waals surface area contributed by atoms with Crippen LogP contribution >= 0.6 is 15.9 Å². The molecule has 2 aromatic carbocycles. The maximum Gasteiger partial charge on any atom is 0.119 e. The van der Waals surface area contributed by atoms with Gasteiger partial charge in [-0.25, -0.2) is 0 Å². The highest BCUT2D eigenvalue weighted by molar-refractivity contribution is 9.10. The maximum absolute atomic E-state index is 5.70. The summed E-state index contributed by atoms with van der Waals surface area (Å²) in [5, 5.41) is 0. The predicted octanol–water partition coefficient (Wildman–Crippen LogP) is 4.59. The van der Waals surface area contributed by atoms with Crippen molar-refractivity contribution in [1.82, 2.24) is 0 Å². The molecule has 0 N–H and O–H groups in total. The molecule has 0 aromatic heterocycles. The SMILES string of the molecule is CCc1ccc(COc2ccc(Br)cc2)cc1. The van der Waals surface area contributed by atoms with E-state index in [0.717, 1.165) is 16.6 Å². The average molecular weight is 291 g/mol. The molecule has 88 valence electrons. The quantitative estimate of drug-likeness (QED) is 0.800. The Morgan fingerprint density at radius 1 is 0.882 bits per heavy atom. The zero-order valence-electron chi connectivity index (χ0n) is 9.82. The first-order valence-corrected chi connectivity index (χ1v) is 6.53. The van der Waals surface area contributed by atoms with E-state index in [1.165, 1.54) is 11.1 Å². The lowest BCUT2D eigenvalue weighted by atomic mass is 10.1. The smallest absolute Gasteiger partial charge is 0.119 e. The first-order chi connectivity index (χ1) is 8.28. The van der Waals surface area contributed by atoms with E-state index in [4.69, 9.17) is 4.74 Å². The van der Waals surface area contributed by atoms with E-state index in [0.29, 0.717) is 6.61 Å². The number of hydrogen-bond acceptors (Lipinski definition) is 1. The lowest BCUT2D eigenvalue weighted by Gasteiger charge is -2.06. The standard InChI is InChI=1S/C15H15BrO/c1-2-12-3-5-13(6-4-12)11-17-15-9-7-14(16)8-10-15/h3-10H,2,11H2,1H3. The van der Waals surface area contributed by atoms with Gasteiger partial charge in [0.2, 0.25) is 0 Å².